The van der Waals surface area contributed by atoms with Crippen LogP contribution in [0.2, 0.25) is 0 Å². The maximum atomic E-state index is 13.5. The third-order valence-corrected chi connectivity index (χ3v) is 5.83. The zero-order valence-electron chi connectivity index (χ0n) is 12.3. The first-order valence-electron chi connectivity index (χ1n) is 7.24. The minimum Gasteiger partial charge on any atom is -0.396 e. The standard InChI is InChI=1S/C15H22FNO3S/c1-10(2)13(5-7-18)17-14-6-8-21(19,20)15-4-3-11(16)9-12(14)15/h3-4,9-10,13-14,17-18H,5-8H2,1-2H3. The fourth-order valence-corrected chi connectivity index (χ4v) is 4.39. The summed E-state index contributed by atoms with van der Waals surface area (Å²) >= 11 is 0. The van der Waals surface area contributed by atoms with Crippen LogP contribution in [0, 0.1) is 11.7 Å². The lowest BCUT2D eigenvalue weighted by atomic mass is 9.96. The number of hydrogen-bond acceptors (Lipinski definition) is 4. The Morgan fingerprint density at radius 1 is 1.43 bits per heavy atom. The van der Waals surface area contributed by atoms with Crippen LogP contribution in [0.15, 0.2) is 23.1 Å². The van der Waals surface area contributed by atoms with Crippen LogP contribution in [-0.4, -0.2) is 31.9 Å². The molecule has 0 saturated carbocycles. The van der Waals surface area contributed by atoms with Crippen LogP contribution in [-0.2, 0) is 9.84 Å². The Bertz CT molecular complexity index is 601. The number of hydrogen-bond donors (Lipinski definition) is 2. The maximum Gasteiger partial charge on any atom is 0.178 e. The molecule has 1 aliphatic heterocycles. The summed E-state index contributed by atoms with van der Waals surface area (Å²) in [5.74, 6) is -0.0682. The molecule has 0 fully saturated rings. The number of aliphatic hydroxyl groups excluding tert-OH is 1. The second-order valence-corrected chi connectivity index (χ2v) is 7.95. The normalized spacial score (nSPS) is 22.0. The molecule has 0 aromatic heterocycles. The molecule has 1 aromatic carbocycles. The van der Waals surface area contributed by atoms with E-state index in [-0.39, 0.29) is 29.3 Å². The average molecular weight is 315 g/mol. The monoisotopic (exact) mass is 315 g/mol. The Hall–Kier alpha value is -0.980. The molecule has 1 heterocycles. The zero-order valence-corrected chi connectivity index (χ0v) is 13.2. The van der Waals surface area contributed by atoms with Crippen molar-refractivity contribution in [3.63, 3.8) is 0 Å². The minimum atomic E-state index is -3.32. The molecule has 21 heavy (non-hydrogen) atoms. The van der Waals surface area contributed by atoms with E-state index in [2.05, 4.69) is 5.32 Å². The van der Waals surface area contributed by atoms with Crippen molar-refractivity contribution >= 4 is 9.84 Å². The number of aliphatic hydroxyl groups is 1. The summed E-state index contributed by atoms with van der Waals surface area (Å²) in [6.07, 6.45) is 1.01. The number of nitrogens with one attached hydrogen (secondary N) is 1. The Morgan fingerprint density at radius 3 is 2.76 bits per heavy atom. The van der Waals surface area contributed by atoms with Gasteiger partial charge in [-0.05, 0) is 42.5 Å². The summed E-state index contributed by atoms with van der Waals surface area (Å²) < 4.78 is 37.7. The van der Waals surface area contributed by atoms with Crippen molar-refractivity contribution in [3.05, 3.63) is 29.6 Å². The van der Waals surface area contributed by atoms with E-state index < -0.39 is 15.7 Å². The van der Waals surface area contributed by atoms with E-state index in [0.717, 1.165) is 0 Å². The Balaban J connectivity index is 2.33. The minimum absolute atomic E-state index is 0.0627. The number of benzene rings is 1. The summed E-state index contributed by atoms with van der Waals surface area (Å²) in [5.41, 5.74) is 0.504. The van der Waals surface area contributed by atoms with Crippen LogP contribution in [0.25, 0.3) is 0 Å². The van der Waals surface area contributed by atoms with Crippen molar-refractivity contribution in [2.24, 2.45) is 5.92 Å². The molecule has 6 heteroatoms. The highest BCUT2D eigenvalue weighted by molar-refractivity contribution is 7.91. The van der Waals surface area contributed by atoms with Crippen molar-refractivity contribution in [1.29, 1.82) is 0 Å². The van der Waals surface area contributed by atoms with Crippen molar-refractivity contribution in [1.82, 2.24) is 5.32 Å². The average Bonchev–Trinajstić information content (AvgIpc) is 2.40. The summed E-state index contributed by atoms with van der Waals surface area (Å²) in [6.45, 7) is 4.15. The molecule has 0 saturated heterocycles. The van der Waals surface area contributed by atoms with Gasteiger partial charge in [0.05, 0.1) is 10.6 Å². The van der Waals surface area contributed by atoms with Gasteiger partial charge in [-0.1, -0.05) is 13.8 Å². The van der Waals surface area contributed by atoms with Gasteiger partial charge in [-0.2, -0.15) is 0 Å². The van der Waals surface area contributed by atoms with E-state index in [4.69, 9.17) is 5.11 Å². The molecule has 0 spiro atoms. The van der Waals surface area contributed by atoms with Crippen LogP contribution in [0.4, 0.5) is 4.39 Å². The highest BCUT2D eigenvalue weighted by Crippen LogP contribution is 2.33. The largest absolute Gasteiger partial charge is 0.396 e. The van der Waals surface area contributed by atoms with Gasteiger partial charge in [0.25, 0.3) is 0 Å². The van der Waals surface area contributed by atoms with Crippen LogP contribution in [0.3, 0.4) is 0 Å². The molecule has 0 aliphatic carbocycles. The molecular weight excluding hydrogens is 293 g/mol. The molecule has 2 N–H and O–H groups in total. The number of sulfone groups is 1. The first-order chi connectivity index (χ1) is 9.85. The first-order valence-corrected chi connectivity index (χ1v) is 8.89. The Kier molecular flexibility index (Phi) is 5.01. The molecule has 2 atom stereocenters. The molecule has 4 nitrogen and oxygen atoms in total. The van der Waals surface area contributed by atoms with Crippen LogP contribution in [0.1, 0.15) is 38.3 Å². The predicted molar refractivity (Wildman–Crippen MR) is 79.3 cm³/mol. The predicted octanol–water partition coefficient (Wildman–Crippen LogP) is 2.04. The van der Waals surface area contributed by atoms with Gasteiger partial charge in [0.15, 0.2) is 9.84 Å². The van der Waals surface area contributed by atoms with Gasteiger partial charge in [0.2, 0.25) is 0 Å². The summed E-state index contributed by atoms with van der Waals surface area (Å²) in [6, 6.07) is 3.71. The topological polar surface area (TPSA) is 66.4 Å². The van der Waals surface area contributed by atoms with Crippen LogP contribution >= 0.6 is 0 Å². The Labute approximate surface area is 125 Å². The quantitative estimate of drug-likeness (QED) is 0.816. The number of halogens is 1. The molecule has 0 radical (unpaired) electrons. The van der Waals surface area contributed by atoms with Crippen LogP contribution < -0.4 is 5.32 Å². The number of fused-ring (bicyclic) bond motifs is 1. The molecule has 2 rings (SSSR count). The van der Waals surface area contributed by atoms with E-state index in [1.165, 1.54) is 18.2 Å². The van der Waals surface area contributed by atoms with Gasteiger partial charge >= 0.3 is 0 Å². The van der Waals surface area contributed by atoms with E-state index in [9.17, 15) is 12.8 Å². The summed E-state index contributed by atoms with van der Waals surface area (Å²) in [4.78, 5) is 0.221. The second kappa shape index (κ2) is 6.42. The fraction of sp³-hybridized carbons (Fsp3) is 0.600. The third-order valence-electron chi connectivity index (χ3n) is 4.02. The van der Waals surface area contributed by atoms with E-state index in [1.807, 2.05) is 13.8 Å². The molecule has 0 bridgehead atoms. The second-order valence-electron chi connectivity index (χ2n) is 5.87. The van der Waals surface area contributed by atoms with E-state index in [1.54, 1.807) is 0 Å². The highest BCUT2D eigenvalue weighted by Gasteiger charge is 2.32. The van der Waals surface area contributed by atoms with Gasteiger partial charge in [0.1, 0.15) is 5.82 Å². The van der Waals surface area contributed by atoms with E-state index in [0.29, 0.717) is 24.3 Å². The molecule has 0 amide bonds. The fourth-order valence-electron chi connectivity index (χ4n) is 2.79. The third kappa shape index (κ3) is 3.62. The van der Waals surface area contributed by atoms with Crippen molar-refractivity contribution < 1.29 is 17.9 Å². The van der Waals surface area contributed by atoms with Crippen molar-refractivity contribution in [2.75, 3.05) is 12.4 Å². The summed E-state index contributed by atoms with van der Waals surface area (Å²) in [7, 11) is -3.32. The van der Waals surface area contributed by atoms with Crippen molar-refractivity contribution in [2.45, 2.75) is 43.7 Å². The lowest BCUT2D eigenvalue weighted by Crippen LogP contribution is -2.40. The molecular formula is C15H22FNO3S. The van der Waals surface area contributed by atoms with E-state index >= 15 is 0 Å². The Morgan fingerprint density at radius 2 is 2.14 bits per heavy atom. The lowest BCUT2D eigenvalue weighted by Gasteiger charge is -2.32. The molecule has 1 aliphatic rings. The smallest absolute Gasteiger partial charge is 0.178 e. The number of rotatable bonds is 5. The van der Waals surface area contributed by atoms with Gasteiger partial charge in [-0.3, -0.25) is 0 Å². The summed E-state index contributed by atoms with van der Waals surface area (Å²) in [5, 5.41) is 12.5. The first kappa shape index (κ1) is 16.4. The van der Waals surface area contributed by atoms with Gasteiger partial charge < -0.3 is 10.4 Å². The van der Waals surface area contributed by atoms with Crippen molar-refractivity contribution in [3.8, 4) is 0 Å². The molecule has 1 aromatic rings. The van der Waals surface area contributed by atoms with Crippen LogP contribution in [0.5, 0.6) is 0 Å². The molecule has 2 unspecified atom stereocenters. The van der Waals surface area contributed by atoms with Gasteiger partial charge in [0, 0.05) is 18.7 Å². The molecule has 118 valence electrons. The SMILES string of the molecule is CC(C)C(CCO)NC1CCS(=O)(=O)c2ccc(F)cc21. The maximum absolute atomic E-state index is 13.5. The lowest BCUT2D eigenvalue weighted by molar-refractivity contribution is 0.232. The van der Waals surface area contributed by atoms with Gasteiger partial charge in [-0.15, -0.1) is 0 Å². The highest BCUT2D eigenvalue weighted by atomic mass is 32.2. The zero-order chi connectivity index (χ0) is 15.6. The van der Waals surface area contributed by atoms with Gasteiger partial charge in [-0.25, -0.2) is 12.8 Å².